The standard InChI is InChI=1S/C27H31ClFN5O5/c1-17-11-24(36)34(32-15-20-12-21(29)9-10-22(20)28)26(38)33(17)16-23(35)30-13-18-7-5-6-8-19(18)14-31-25(37)39-27(2,3)4/h5-12,32H,13-16H2,1-4H3,(H,30,35)(H,31,37). The molecule has 12 heteroatoms. The van der Waals surface area contributed by atoms with E-state index in [0.29, 0.717) is 11.3 Å². The molecule has 10 nitrogen and oxygen atoms in total. The maximum Gasteiger partial charge on any atom is 0.407 e. The molecule has 1 heterocycles. The smallest absolute Gasteiger partial charge is 0.407 e. The number of alkyl carbamates (subject to hydrolysis) is 1. The van der Waals surface area contributed by atoms with Gasteiger partial charge < -0.3 is 20.8 Å². The van der Waals surface area contributed by atoms with Crippen molar-refractivity contribution in [2.45, 2.75) is 59.5 Å². The first-order valence-electron chi connectivity index (χ1n) is 12.2. The van der Waals surface area contributed by atoms with Crippen LogP contribution in [0, 0.1) is 12.7 Å². The molecule has 0 aliphatic carbocycles. The zero-order valence-corrected chi connectivity index (χ0v) is 22.9. The predicted octanol–water partition coefficient (Wildman–Crippen LogP) is 3.20. The molecule has 2 amide bonds. The van der Waals surface area contributed by atoms with Gasteiger partial charge in [0, 0.05) is 29.9 Å². The third kappa shape index (κ3) is 8.44. The summed E-state index contributed by atoms with van der Waals surface area (Å²) in [7, 11) is 0. The number of aryl methyl sites for hydroxylation is 1. The third-order valence-corrected chi connectivity index (χ3v) is 5.92. The first-order chi connectivity index (χ1) is 18.3. The first-order valence-corrected chi connectivity index (χ1v) is 12.5. The first kappa shape index (κ1) is 29.4. The largest absolute Gasteiger partial charge is 0.444 e. The number of hydrogen-bond acceptors (Lipinski definition) is 6. The Labute approximate surface area is 229 Å². The second kappa shape index (κ2) is 12.6. The summed E-state index contributed by atoms with van der Waals surface area (Å²) >= 11 is 6.07. The summed E-state index contributed by atoms with van der Waals surface area (Å²) < 4.78 is 20.7. The van der Waals surface area contributed by atoms with Crippen LogP contribution in [-0.4, -0.2) is 26.8 Å². The molecule has 0 bridgehead atoms. The van der Waals surface area contributed by atoms with Crippen molar-refractivity contribution in [1.29, 1.82) is 0 Å². The minimum absolute atomic E-state index is 0.0882. The van der Waals surface area contributed by atoms with Gasteiger partial charge in [0.05, 0.1) is 6.54 Å². The number of hydrogen-bond donors (Lipinski definition) is 3. The lowest BCUT2D eigenvalue weighted by atomic mass is 10.1. The number of rotatable bonds is 9. The fraction of sp³-hybridized carbons (Fsp3) is 0.333. The summed E-state index contributed by atoms with van der Waals surface area (Å²) in [4.78, 5) is 50.2. The Morgan fingerprint density at radius 2 is 1.59 bits per heavy atom. The number of nitrogens with one attached hydrogen (secondary N) is 3. The zero-order valence-electron chi connectivity index (χ0n) is 22.1. The van der Waals surface area contributed by atoms with Gasteiger partial charge in [0.2, 0.25) is 5.91 Å². The molecule has 3 rings (SSSR count). The van der Waals surface area contributed by atoms with Crippen molar-refractivity contribution in [1.82, 2.24) is 19.9 Å². The third-order valence-electron chi connectivity index (χ3n) is 5.55. The summed E-state index contributed by atoms with van der Waals surface area (Å²) in [6.07, 6.45) is -0.556. The van der Waals surface area contributed by atoms with Crippen molar-refractivity contribution in [2.24, 2.45) is 0 Å². The van der Waals surface area contributed by atoms with Gasteiger partial charge in [-0.2, -0.15) is 4.68 Å². The van der Waals surface area contributed by atoms with Crippen LogP contribution in [0.1, 0.15) is 43.2 Å². The molecular formula is C27H31ClFN5O5. The Hall–Kier alpha value is -4.12. The number of halogens is 2. The Kier molecular flexibility index (Phi) is 9.52. The molecule has 3 N–H and O–H groups in total. The molecule has 1 aromatic heterocycles. The van der Waals surface area contributed by atoms with Crippen molar-refractivity contribution < 1.29 is 18.7 Å². The normalized spacial score (nSPS) is 11.1. The molecule has 208 valence electrons. The van der Waals surface area contributed by atoms with E-state index < -0.39 is 34.7 Å². The highest BCUT2D eigenvalue weighted by Crippen LogP contribution is 2.17. The minimum atomic E-state index is -0.760. The van der Waals surface area contributed by atoms with Crippen LogP contribution >= 0.6 is 11.6 Å². The number of aromatic nitrogens is 2. The Morgan fingerprint density at radius 3 is 2.23 bits per heavy atom. The van der Waals surface area contributed by atoms with Crippen molar-refractivity contribution in [2.75, 3.05) is 5.43 Å². The van der Waals surface area contributed by atoms with Crippen molar-refractivity contribution in [3.05, 3.63) is 103 Å². The van der Waals surface area contributed by atoms with Gasteiger partial charge in [-0.15, -0.1) is 0 Å². The lowest BCUT2D eigenvalue weighted by molar-refractivity contribution is -0.121. The highest BCUT2D eigenvalue weighted by molar-refractivity contribution is 6.31. The lowest BCUT2D eigenvalue weighted by Crippen LogP contribution is -2.46. The Morgan fingerprint density at radius 1 is 0.949 bits per heavy atom. The van der Waals surface area contributed by atoms with Crippen molar-refractivity contribution >= 4 is 23.6 Å². The van der Waals surface area contributed by atoms with E-state index in [4.69, 9.17) is 16.3 Å². The van der Waals surface area contributed by atoms with E-state index in [-0.39, 0.29) is 31.2 Å². The zero-order chi connectivity index (χ0) is 28.7. The topological polar surface area (TPSA) is 123 Å². The summed E-state index contributed by atoms with van der Waals surface area (Å²) in [6, 6.07) is 12.2. The average molecular weight is 560 g/mol. The van der Waals surface area contributed by atoms with Crippen LogP contribution in [-0.2, 0) is 35.7 Å². The molecule has 0 aliphatic rings. The van der Waals surface area contributed by atoms with Gasteiger partial charge in [-0.05, 0) is 62.6 Å². The summed E-state index contributed by atoms with van der Waals surface area (Å²) in [5.41, 5.74) is 2.84. The number of carbonyl (C=O) groups excluding carboxylic acids is 2. The Balaban J connectivity index is 1.67. The molecule has 0 spiro atoms. The van der Waals surface area contributed by atoms with Gasteiger partial charge in [-0.1, -0.05) is 35.9 Å². The Bertz CT molecular complexity index is 1480. The summed E-state index contributed by atoms with van der Waals surface area (Å²) in [5, 5.41) is 5.73. The molecule has 0 aliphatic heterocycles. The van der Waals surface area contributed by atoms with E-state index in [2.05, 4.69) is 16.1 Å². The monoisotopic (exact) mass is 559 g/mol. The highest BCUT2D eigenvalue weighted by atomic mass is 35.5. The molecule has 0 saturated carbocycles. The van der Waals surface area contributed by atoms with Gasteiger partial charge in [-0.25, -0.2) is 14.0 Å². The number of carbonyl (C=O) groups is 2. The van der Waals surface area contributed by atoms with Crippen molar-refractivity contribution in [3.63, 3.8) is 0 Å². The number of nitrogens with zero attached hydrogens (tertiary/aromatic N) is 2. The quantitative estimate of drug-likeness (QED) is 0.370. The number of benzene rings is 2. The molecule has 39 heavy (non-hydrogen) atoms. The van der Waals surface area contributed by atoms with E-state index >= 15 is 0 Å². The molecule has 0 radical (unpaired) electrons. The highest BCUT2D eigenvalue weighted by Gasteiger charge is 2.17. The molecule has 0 unspecified atom stereocenters. The SMILES string of the molecule is Cc1cc(=O)n(NCc2cc(F)ccc2Cl)c(=O)n1CC(=O)NCc1ccccc1CNC(=O)OC(C)(C)C. The van der Waals surface area contributed by atoms with E-state index in [1.807, 2.05) is 18.2 Å². The van der Waals surface area contributed by atoms with Gasteiger partial charge in [0.1, 0.15) is 18.0 Å². The van der Waals surface area contributed by atoms with Crippen LogP contribution in [0.25, 0.3) is 0 Å². The average Bonchev–Trinajstić information content (AvgIpc) is 2.85. The fourth-order valence-electron chi connectivity index (χ4n) is 3.65. The fourth-order valence-corrected chi connectivity index (χ4v) is 3.83. The summed E-state index contributed by atoms with van der Waals surface area (Å²) in [6.45, 7) is 6.77. The second-order valence-electron chi connectivity index (χ2n) is 9.80. The molecule has 3 aromatic rings. The van der Waals surface area contributed by atoms with E-state index in [0.717, 1.165) is 20.4 Å². The molecule has 0 saturated heterocycles. The van der Waals surface area contributed by atoms with Crippen LogP contribution in [0.15, 0.2) is 58.1 Å². The van der Waals surface area contributed by atoms with E-state index in [9.17, 15) is 23.6 Å². The van der Waals surface area contributed by atoms with Gasteiger partial charge >= 0.3 is 11.8 Å². The summed E-state index contributed by atoms with van der Waals surface area (Å²) in [5.74, 6) is -0.975. The number of ether oxygens (including phenoxy) is 1. The van der Waals surface area contributed by atoms with Gasteiger partial charge in [-0.3, -0.25) is 14.2 Å². The molecular weight excluding hydrogens is 529 g/mol. The van der Waals surface area contributed by atoms with E-state index in [1.165, 1.54) is 24.3 Å². The maximum absolute atomic E-state index is 13.6. The van der Waals surface area contributed by atoms with Crippen LogP contribution in [0.4, 0.5) is 9.18 Å². The van der Waals surface area contributed by atoms with E-state index in [1.54, 1.807) is 33.8 Å². The second-order valence-corrected chi connectivity index (χ2v) is 10.2. The van der Waals surface area contributed by atoms with Gasteiger partial charge in [0.15, 0.2) is 0 Å². The number of amides is 2. The predicted molar refractivity (Wildman–Crippen MR) is 146 cm³/mol. The van der Waals surface area contributed by atoms with Crippen LogP contribution in [0.3, 0.4) is 0 Å². The van der Waals surface area contributed by atoms with Crippen molar-refractivity contribution in [3.8, 4) is 0 Å². The maximum atomic E-state index is 13.6. The lowest BCUT2D eigenvalue weighted by Gasteiger charge is -2.20. The minimum Gasteiger partial charge on any atom is -0.444 e. The van der Waals surface area contributed by atoms with Crippen LogP contribution in [0.2, 0.25) is 5.02 Å². The molecule has 0 atom stereocenters. The van der Waals surface area contributed by atoms with Crippen LogP contribution in [0.5, 0.6) is 0 Å². The molecule has 0 fully saturated rings. The van der Waals surface area contributed by atoms with Gasteiger partial charge in [0.25, 0.3) is 5.56 Å². The molecule has 2 aromatic carbocycles. The van der Waals surface area contributed by atoms with Crippen LogP contribution < -0.4 is 27.3 Å².